The Kier molecular flexibility index (Phi) is 5.01. The quantitative estimate of drug-likeness (QED) is 0.643. The second-order valence-electron chi connectivity index (χ2n) is 4.85. The molecular weight excluding hydrogens is 196 g/mol. The third kappa shape index (κ3) is 3.34. The molecule has 1 heterocycles. The number of allylic oxidation sites excluding steroid dienone is 4. The third-order valence-electron chi connectivity index (χ3n) is 3.14. The highest BCUT2D eigenvalue weighted by Crippen LogP contribution is 2.32. The van der Waals surface area contributed by atoms with E-state index in [-0.39, 0.29) is 0 Å². The summed E-state index contributed by atoms with van der Waals surface area (Å²) in [5.41, 5.74) is 3.93. The molecule has 2 atom stereocenters. The second kappa shape index (κ2) is 6.05. The third-order valence-corrected chi connectivity index (χ3v) is 3.14. The first kappa shape index (κ1) is 13.2. The molecule has 2 unspecified atom stereocenters. The first-order valence-electron chi connectivity index (χ1n) is 6.18. The Labute approximate surface area is 99.9 Å². The first-order chi connectivity index (χ1) is 7.56. The van der Waals surface area contributed by atoms with Gasteiger partial charge in [0.1, 0.15) is 0 Å². The van der Waals surface area contributed by atoms with Gasteiger partial charge >= 0.3 is 0 Å². The maximum atomic E-state index is 5.76. The van der Waals surface area contributed by atoms with E-state index in [0.717, 1.165) is 25.0 Å². The van der Waals surface area contributed by atoms with Crippen LogP contribution in [0.3, 0.4) is 0 Å². The van der Waals surface area contributed by atoms with Crippen LogP contribution in [0.1, 0.15) is 40.5 Å². The van der Waals surface area contributed by atoms with Crippen molar-refractivity contribution in [2.75, 3.05) is 6.61 Å². The number of ether oxygens (including phenoxy) is 1. The fourth-order valence-corrected chi connectivity index (χ4v) is 2.30. The lowest BCUT2D eigenvalue weighted by Gasteiger charge is -2.19. The number of hydrogen-bond donors (Lipinski definition) is 0. The van der Waals surface area contributed by atoms with Crippen molar-refractivity contribution in [1.82, 2.24) is 0 Å². The Morgan fingerprint density at radius 2 is 2.00 bits per heavy atom. The maximum Gasteiger partial charge on any atom is 0.0641 e. The molecule has 0 aliphatic carbocycles. The minimum atomic E-state index is 0.402. The van der Waals surface area contributed by atoms with Gasteiger partial charge in [0.2, 0.25) is 0 Å². The molecule has 1 saturated heterocycles. The van der Waals surface area contributed by atoms with Crippen LogP contribution in [0.4, 0.5) is 0 Å². The summed E-state index contributed by atoms with van der Waals surface area (Å²) in [4.78, 5) is 0. The van der Waals surface area contributed by atoms with Crippen molar-refractivity contribution in [1.29, 1.82) is 0 Å². The molecule has 1 fully saturated rings. The van der Waals surface area contributed by atoms with Crippen molar-refractivity contribution in [2.45, 2.75) is 46.6 Å². The Morgan fingerprint density at radius 1 is 1.31 bits per heavy atom. The Morgan fingerprint density at radius 3 is 2.50 bits per heavy atom. The van der Waals surface area contributed by atoms with E-state index in [0.29, 0.717) is 12.0 Å². The summed E-state index contributed by atoms with van der Waals surface area (Å²) in [6.07, 6.45) is 6.98. The van der Waals surface area contributed by atoms with Gasteiger partial charge < -0.3 is 4.74 Å². The van der Waals surface area contributed by atoms with Gasteiger partial charge in [0.25, 0.3) is 0 Å². The molecule has 0 aromatic carbocycles. The predicted octanol–water partition coefficient (Wildman–Crippen LogP) is 4.27. The molecule has 0 aromatic rings. The molecule has 16 heavy (non-hydrogen) atoms. The van der Waals surface area contributed by atoms with Crippen molar-refractivity contribution in [3.8, 4) is 0 Å². The molecular formula is C15H24O. The summed E-state index contributed by atoms with van der Waals surface area (Å²) >= 11 is 0. The molecule has 0 amide bonds. The zero-order chi connectivity index (χ0) is 12.1. The summed E-state index contributed by atoms with van der Waals surface area (Å²) in [7, 11) is 0. The smallest absolute Gasteiger partial charge is 0.0641 e. The lowest BCUT2D eigenvalue weighted by molar-refractivity contribution is 0.0945. The topological polar surface area (TPSA) is 9.23 Å². The number of hydrogen-bond acceptors (Lipinski definition) is 1. The van der Waals surface area contributed by atoms with Crippen molar-refractivity contribution in [2.24, 2.45) is 5.92 Å². The standard InChI is InChI=1S/C15H24O/c1-6-15-14(9-10-16-15)13(12(4)5)8-7-11(2)3/h7-8,14-15H,2,6,9-10H2,1,3-5H3. The summed E-state index contributed by atoms with van der Waals surface area (Å²) in [5, 5.41) is 0. The molecule has 0 radical (unpaired) electrons. The van der Waals surface area contributed by atoms with Crippen LogP contribution in [0.2, 0.25) is 0 Å². The van der Waals surface area contributed by atoms with Gasteiger partial charge in [0.05, 0.1) is 6.10 Å². The van der Waals surface area contributed by atoms with E-state index >= 15 is 0 Å². The van der Waals surface area contributed by atoms with E-state index in [4.69, 9.17) is 4.74 Å². The van der Waals surface area contributed by atoms with Gasteiger partial charge in [-0.1, -0.05) is 36.8 Å². The fraction of sp³-hybridized carbons (Fsp3) is 0.600. The van der Waals surface area contributed by atoms with Crippen molar-refractivity contribution in [3.05, 3.63) is 35.5 Å². The van der Waals surface area contributed by atoms with Crippen molar-refractivity contribution >= 4 is 0 Å². The van der Waals surface area contributed by atoms with Crippen LogP contribution in [-0.2, 0) is 4.74 Å². The molecule has 1 nitrogen and oxygen atoms in total. The van der Waals surface area contributed by atoms with E-state index in [9.17, 15) is 0 Å². The van der Waals surface area contributed by atoms with Crippen LogP contribution < -0.4 is 0 Å². The summed E-state index contributed by atoms with van der Waals surface area (Å²) in [5.74, 6) is 0.575. The Balaban J connectivity index is 2.87. The van der Waals surface area contributed by atoms with E-state index in [1.54, 1.807) is 0 Å². The van der Waals surface area contributed by atoms with Gasteiger partial charge in [-0.05, 0) is 39.2 Å². The first-order valence-corrected chi connectivity index (χ1v) is 6.18. The maximum absolute atomic E-state index is 5.76. The molecule has 1 aliphatic rings. The zero-order valence-corrected chi connectivity index (χ0v) is 11.0. The monoisotopic (exact) mass is 220 g/mol. The molecule has 90 valence electrons. The fourth-order valence-electron chi connectivity index (χ4n) is 2.30. The normalized spacial score (nSPS) is 25.0. The minimum absolute atomic E-state index is 0.402. The summed E-state index contributed by atoms with van der Waals surface area (Å²) in [6.45, 7) is 13.4. The van der Waals surface area contributed by atoms with E-state index in [2.05, 4.69) is 39.5 Å². The molecule has 0 bridgehead atoms. The van der Waals surface area contributed by atoms with Gasteiger partial charge in [0, 0.05) is 12.5 Å². The largest absolute Gasteiger partial charge is 0.378 e. The van der Waals surface area contributed by atoms with Crippen molar-refractivity contribution in [3.63, 3.8) is 0 Å². The van der Waals surface area contributed by atoms with Gasteiger partial charge in [-0.25, -0.2) is 0 Å². The van der Waals surface area contributed by atoms with Crippen LogP contribution >= 0.6 is 0 Å². The zero-order valence-electron chi connectivity index (χ0n) is 11.0. The Bertz CT molecular complexity index is 305. The lowest BCUT2D eigenvalue weighted by Crippen LogP contribution is -2.16. The van der Waals surface area contributed by atoms with Crippen LogP contribution in [0.15, 0.2) is 35.5 Å². The molecule has 0 saturated carbocycles. The van der Waals surface area contributed by atoms with Crippen molar-refractivity contribution < 1.29 is 4.74 Å². The lowest BCUT2D eigenvalue weighted by atomic mass is 9.87. The molecule has 0 spiro atoms. The van der Waals surface area contributed by atoms with Crippen LogP contribution in [0, 0.1) is 5.92 Å². The average molecular weight is 220 g/mol. The van der Waals surface area contributed by atoms with Crippen LogP contribution in [-0.4, -0.2) is 12.7 Å². The van der Waals surface area contributed by atoms with Gasteiger partial charge in [0.15, 0.2) is 0 Å². The molecule has 1 heteroatoms. The molecule has 1 aliphatic heterocycles. The predicted molar refractivity (Wildman–Crippen MR) is 70.5 cm³/mol. The van der Waals surface area contributed by atoms with E-state index < -0.39 is 0 Å². The van der Waals surface area contributed by atoms with Gasteiger partial charge in [-0.2, -0.15) is 0 Å². The van der Waals surface area contributed by atoms with Gasteiger partial charge in [-0.15, -0.1) is 0 Å². The van der Waals surface area contributed by atoms with Gasteiger partial charge in [-0.3, -0.25) is 0 Å². The Hall–Kier alpha value is -0.820. The highest BCUT2D eigenvalue weighted by Gasteiger charge is 2.29. The van der Waals surface area contributed by atoms with E-state index in [1.807, 2.05) is 6.92 Å². The summed E-state index contributed by atoms with van der Waals surface area (Å²) < 4.78 is 5.76. The molecule has 1 rings (SSSR count). The van der Waals surface area contributed by atoms with Crippen LogP contribution in [0.5, 0.6) is 0 Å². The summed E-state index contributed by atoms with van der Waals surface area (Å²) in [6, 6.07) is 0. The minimum Gasteiger partial charge on any atom is -0.378 e. The average Bonchev–Trinajstić information content (AvgIpc) is 2.65. The van der Waals surface area contributed by atoms with E-state index in [1.165, 1.54) is 11.1 Å². The molecule has 0 aromatic heterocycles. The van der Waals surface area contributed by atoms with Crippen LogP contribution in [0.25, 0.3) is 0 Å². The number of rotatable bonds is 4. The SMILES string of the molecule is C=C(C)C=CC(=C(C)C)C1CCOC1CC. The highest BCUT2D eigenvalue weighted by atomic mass is 16.5. The second-order valence-corrected chi connectivity index (χ2v) is 4.85. The molecule has 0 N–H and O–H groups in total. The highest BCUT2D eigenvalue weighted by molar-refractivity contribution is 5.31.